The lowest BCUT2D eigenvalue weighted by molar-refractivity contribution is -0.167. The molecule has 0 aliphatic heterocycles. The van der Waals surface area contributed by atoms with Crippen LogP contribution >= 0.6 is 0 Å². The topological polar surface area (TPSA) is 78.9 Å². The molecule has 1 unspecified atom stereocenters. The zero-order valence-corrected chi connectivity index (χ0v) is 41.7. The van der Waals surface area contributed by atoms with Gasteiger partial charge < -0.3 is 14.2 Å². The van der Waals surface area contributed by atoms with Gasteiger partial charge in [-0.3, -0.25) is 14.4 Å². The van der Waals surface area contributed by atoms with E-state index in [1.165, 1.54) is 25.7 Å². The molecule has 366 valence electrons. The van der Waals surface area contributed by atoms with Crippen LogP contribution in [0.4, 0.5) is 0 Å². The second-order valence-electron chi connectivity index (χ2n) is 16.6. The summed E-state index contributed by atoms with van der Waals surface area (Å²) in [6.07, 6.45) is 71.9. The van der Waals surface area contributed by atoms with Gasteiger partial charge in [-0.25, -0.2) is 0 Å². The number of hydrogen-bond donors (Lipinski definition) is 0. The van der Waals surface area contributed by atoms with E-state index >= 15 is 0 Å². The molecule has 0 aliphatic carbocycles. The van der Waals surface area contributed by atoms with Crippen LogP contribution in [0.3, 0.4) is 0 Å². The highest BCUT2D eigenvalue weighted by Crippen LogP contribution is 2.13. The molecule has 0 aromatic carbocycles. The normalized spacial score (nSPS) is 13.1. The standard InChI is InChI=1S/C59H94O6/c1-4-7-10-13-16-19-21-23-25-27-29-31-33-35-37-40-43-46-49-52-58(61)64-55-56(54-63-57(60)51-48-45-42-39-18-15-12-9-6-3)65-59(62)53-50-47-44-41-38-36-34-32-30-28-26-24-22-20-17-14-11-8-5-2/h7-12,16-20,23-26,29-32,39,56H,4-6,13-15,21-22,27-28,33-38,40-55H2,1-3H3/b10-7-,11-8-,12-9-,19-16-,20-17-,25-23-,26-24-,31-29-,32-30-,39-18-. The van der Waals surface area contributed by atoms with Gasteiger partial charge in [0.2, 0.25) is 0 Å². The zero-order valence-electron chi connectivity index (χ0n) is 41.7. The summed E-state index contributed by atoms with van der Waals surface area (Å²) in [4.78, 5) is 37.9. The average molecular weight is 899 g/mol. The lowest BCUT2D eigenvalue weighted by atomic mass is 10.1. The van der Waals surface area contributed by atoms with E-state index < -0.39 is 6.10 Å². The Kier molecular flexibility index (Phi) is 49.1. The van der Waals surface area contributed by atoms with Crippen LogP contribution in [0.25, 0.3) is 0 Å². The highest BCUT2D eigenvalue weighted by molar-refractivity contribution is 5.71. The van der Waals surface area contributed by atoms with Gasteiger partial charge in [0.15, 0.2) is 6.10 Å². The average Bonchev–Trinajstić information content (AvgIpc) is 3.30. The van der Waals surface area contributed by atoms with Crippen molar-refractivity contribution in [2.45, 2.75) is 219 Å². The molecule has 0 aromatic rings. The fraction of sp³-hybridized carbons (Fsp3) is 0.610. The Bertz CT molecular complexity index is 1400. The number of rotatable bonds is 45. The molecule has 0 aliphatic rings. The maximum absolute atomic E-state index is 12.8. The minimum atomic E-state index is -0.807. The van der Waals surface area contributed by atoms with Crippen LogP contribution in [0.5, 0.6) is 0 Å². The van der Waals surface area contributed by atoms with Crippen molar-refractivity contribution in [3.8, 4) is 0 Å². The smallest absolute Gasteiger partial charge is 0.306 e. The third-order valence-electron chi connectivity index (χ3n) is 10.4. The van der Waals surface area contributed by atoms with Gasteiger partial charge >= 0.3 is 17.9 Å². The van der Waals surface area contributed by atoms with E-state index in [2.05, 4.69) is 142 Å². The van der Waals surface area contributed by atoms with Crippen LogP contribution in [0.1, 0.15) is 213 Å². The number of carbonyl (C=O) groups is 3. The van der Waals surface area contributed by atoms with Crippen molar-refractivity contribution < 1.29 is 28.6 Å². The van der Waals surface area contributed by atoms with Gasteiger partial charge in [-0.1, -0.05) is 194 Å². The molecule has 0 rings (SSSR count). The summed E-state index contributed by atoms with van der Waals surface area (Å²) in [5.41, 5.74) is 0. The molecule has 0 aromatic heterocycles. The van der Waals surface area contributed by atoms with E-state index in [1.54, 1.807) is 0 Å². The van der Waals surface area contributed by atoms with Crippen molar-refractivity contribution in [1.29, 1.82) is 0 Å². The van der Waals surface area contributed by atoms with Crippen molar-refractivity contribution in [2.24, 2.45) is 0 Å². The first kappa shape index (κ1) is 60.8. The van der Waals surface area contributed by atoms with Crippen molar-refractivity contribution in [3.05, 3.63) is 122 Å². The summed E-state index contributed by atoms with van der Waals surface area (Å²) < 4.78 is 16.7. The molecule has 0 saturated carbocycles. The van der Waals surface area contributed by atoms with Crippen LogP contribution in [0, 0.1) is 0 Å². The van der Waals surface area contributed by atoms with E-state index in [0.29, 0.717) is 19.3 Å². The third kappa shape index (κ3) is 50.7. The Hall–Kier alpha value is -4.19. The molecule has 0 amide bonds. The maximum atomic E-state index is 12.8. The first-order chi connectivity index (χ1) is 32.0. The van der Waals surface area contributed by atoms with Crippen LogP contribution in [-0.4, -0.2) is 37.2 Å². The molecule has 65 heavy (non-hydrogen) atoms. The fourth-order valence-electron chi connectivity index (χ4n) is 6.64. The molecule has 1 atom stereocenters. The third-order valence-corrected chi connectivity index (χ3v) is 10.4. The highest BCUT2D eigenvalue weighted by atomic mass is 16.6. The summed E-state index contributed by atoms with van der Waals surface area (Å²) in [6.45, 7) is 6.22. The molecule has 0 N–H and O–H groups in total. The lowest BCUT2D eigenvalue weighted by Crippen LogP contribution is -2.30. The van der Waals surface area contributed by atoms with E-state index in [-0.39, 0.29) is 31.1 Å². The van der Waals surface area contributed by atoms with Gasteiger partial charge in [0, 0.05) is 19.3 Å². The van der Waals surface area contributed by atoms with Gasteiger partial charge in [-0.05, 0) is 122 Å². The number of unbranched alkanes of at least 4 members (excludes halogenated alkanes) is 14. The molecule has 0 spiro atoms. The minimum Gasteiger partial charge on any atom is -0.462 e. The van der Waals surface area contributed by atoms with Crippen molar-refractivity contribution in [1.82, 2.24) is 0 Å². The Labute approximate surface area is 399 Å². The monoisotopic (exact) mass is 899 g/mol. The molecule has 0 saturated heterocycles. The molecule has 0 bridgehead atoms. The Morgan fingerprint density at radius 2 is 0.554 bits per heavy atom. The lowest BCUT2D eigenvalue weighted by Gasteiger charge is -2.18. The van der Waals surface area contributed by atoms with E-state index in [9.17, 15) is 14.4 Å². The van der Waals surface area contributed by atoms with Crippen molar-refractivity contribution in [2.75, 3.05) is 13.2 Å². The van der Waals surface area contributed by atoms with Gasteiger partial charge in [0.25, 0.3) is 0 Å². The van der Waals surface area contributed by atoms with Crippen LogP contribution < -0.4 is 0 Å². The number of allylic oxidation sites excluding steroid dienone is 20. The number of hydrogen-bond acceptors (Lipinski definition) is 6. The summed E-state index contributed by atoms with van der Waals surface area (Å²) in [6, 6.07) is 0. The van der Waals surface area contributed by atoms with Gasteiger partial charge in [0.1, 0.15) is 13.2 Å². The molecular weight excluding hydrogens is 805 g/mol. The highest BCUT2D eigenvalue weighted by Gasteiger charge is 2.19. The molecule has 6 heteroatoms. The SMILES string of the molecule is CC/C=C\C/C=C\C/C=C\C/C=C\CCCCCCCCC(=O)OCC(COC(=O)CCCC/C=C\C/C=C\CC)OC(=O)CCCCCCCC/C=C\C/C=C\C/C=C\C/C=C\CC. The summed E-state index contributed by atoms with van der Waals surface area (Å²) in [7, 11) is 0. The molecule has 0 heterocycles. The number of ether oxygens (including phenoxy) is 3. The van der Waals surface area contributed by atoms with Crippen molar-refractivity contribution in [3.63, 3.8) is 0 Å². The predicted octanol–water partition coefficient (Wildman–Crippen LogP) is 17.3. The number of carbonyl (C=O) groups excluding carboxylic acids is 3. The molecular formula is C59H94O6. The number of esters is 3. The van der Waals surface area contributed by atoms with Gasteiger partial charge in [-0.2, -0.15) is 0 Å². The molecule has 0 fully saturated rings. The first-order valence-corrected chi connectivity index (χ1v) is 26.0. The Morgan fingerprint density at radius 3 is 0.892 bits per heavy atom. The van der Waals surface area contributed by atoms with E-state index in [1.807, 2.05) is 0 Å². The maximum Gasteiger partial charge on any atom is 0.306 e. The molecule has 0 radical (unpaired) electrons. The minimum absolute atomic E-state index is 0.105. The van der Waals surface area contributed by atoms with Crippen LogP contribution in [0.2, 0.25) is 0 Å². The van der Waals surface area contributed by atoms with Gasteiger partial charge in [0.05, 0.1) is 0 Å². The Balaban J connectivity index is 4.41. The predicted molar refractivity (Wildman–Crippen MR) is 279 cm³/mol. The largest absolute Gasteiger partial charge is 0.462 e. The first-order valence-electron chi connectivity index (χ1n) is 26.0. The second-order valence-corrected chi connectivity index (χ2v) is 16.6. The second kappa shape index (κ2) is 52.4. The van der Waals surface area contributed by atoms with Crippen LogP contribution in [0.15, 0.2) is 122 Å². The van der Waals surface area contributed by atoms with Crippen molar-refractivity contribution >= 4 is 17.9 Å². The van der Waals surface area contributed by atoms with Gasteiger partial charge in [-0.15, -0.1) is 0 Å². The summed E-state index contributed by atoms with van der Waals surface area (Å²) >= 11 is 0. The fourth-order valence-corrected chi connectivity index (χ4v) is 6.64. The van der Waals surface area contributed by atoms with E-state index in [0.717, 1.165) is 148 Å². The molecule has 6 nitrogen and oxygen atoms in total. The summed E-state index contributed by atoms with van der Waals surface area (Å²) in [5.74, 6) is -0.978. The van der Waals surface area contributed by atoms with Crippen LogP contribution in [-0.2, 0) is 28.6 Å². The van der Waals surface area contributed by atoms with E-state index in [4.69, 9.17) is 14.2 Å². The Morgan fingerprint density at radius 1 is 0.308 bits per heavy atom. The summed E-state index contributed by atoms with van der Waals surface area (Å²) in [5, 5.41) is 0. The quantitative estimate of drug-likeness (QED) is 0.0262. The zero-order chi connectivity index (χ0) is 47.2.